The van der Waals surface area contributed by atoms with E-state index in [-0.39, 0.29) is 23.6 Å². The van der Waals surface area contributed by atoms with Crippen molar-refractivity contribution in [1.29, 1.82) is 0 Å². The second kappa shape index (κ2) is 6.50. The summed E-state index contributed by atoms with van der Waals surface area (Å²) in [6.07, 6.45) is 2.20. The Labute approximate surface area is 132 Å². The number of aryl methyl sites for hydroxylation is 1. The van der Waals surface area contributed by atoms with Crippen molar-refractivity contribution in [2.45, 2.75) is 25.3 Å². The van der Waals surface area contributed by atoms with Crippen LogP contribution >= 0.6 is 0 Å². The van der Waals surface area contributed by atoms with Crippen LogP contribution in [0.1, 0.15) is 34.0 Å². The molecule has 4 nitrogen and oxygen atoms in total. The molecular formula is C17H18F2N2O2. The van der Waals surface area contributed by atoms with E-state index in [4.69, 9.17) is 4.42 Å². The number of amides is 1. The lowest BCUT2D eigenvalue weighted by Crippen LogP contribution is -2.50. The average Bonchev–Trinajstić information content (AvgIpc) is 2.97. The summed E-state index contributed by atoms with van der Waals surface area (Å²) in [7, 11) is 0. The van der Waals surface area contributed by atoms with Crippen LogP contribution < -0.4 is 10.6 Å². The lowest BCUT2D eigenvalue weighted by molar-refractivity contribution is 0.0895. The summed E-state index contributed by atoms with van der Waals surface area (Å²) in [5.41, 5.74) is 1.45. The van der Waals surface area contributed by atoms with Crippen LogP contribution in [0.3, 0.4) is 0 Å². The molecule has 2 atom stereocenters. The molecule has 1 aromatic carbocycles. The fourth-order valence-corrected chi connectivity index (χ4v) is 2.99. The zero-order chi connectivity index (χ0) is 16.4. The highest BCUT2D eigenvalue weighted by atomic mass is 19.2. The standard InChI is InChI=1S/C17H18F2N2O2/c1-10-5-7-23-16(10)17(22)21-15-9-20-6-4-12(15)11-2-3-13(18)14(19)8-11/h2-3,5,7-8,12,15,20H,4,6,9H2,1H3,(H,21,22). The molecule has 1 aromatic heterocycles. The topological polar surface area (TPSA) is 54.3 Å². The third-order valence-electron chi connectivity index (χ3n) is 4.24. The molecule has 2 aromatic rings. The molecule has 23 heavy (non-hydrogen) atoms. The van der Waals surface area contributed by atoms with Crippen LogP contribution in [-0.4, -0.2) is 25.0 Å². The number of hydrogen-bond donors (Lipinski definition) is 2. The van der Waals surface area contributed by atoms with E-state index in [1.54, 1.807) is 19.1 Å². The summed E-state index contributed by atoms with van der Waals surface area (Å²) in [6.45, 7) is 3.12. The molecule has 1 amide bonds. The van der Waals surface area contributed by atoms with Crippen molar-refractivity contribution in [3.63, 3.8) is 0 Å². The molecule has 1 aliphatic heterocycles. The fourth-order valence-electron chi connectivity index (χ4n) is 2.99. The highest BCUT2D eigenvalue weighted by Gasteiger charge is 2.29. The summed E-state index contributed by atoms with van der Waals surface area (Å²) < 4.78 is 31.8. The van der Waals surface area contributed by atoms with Gasteiger partial charge >= 0.3 is 0 Å². The van der Waals surface area contributed by atoms with Crippen molar-refractivity contribution >= 4 is 5.91 Å². The van der Waals surface area contributed by atoms with Gasteiger partial charge in [-0.1, -0.05) is 6.07 Å². The van der Waals surface area contributed by atoms with E-state index in [2.05, 4.69) is 10.6 Å². The Morgan fingerprint density at radius 3 is 2.83 bits per heavy atom. The summed E-state index contributed by atoms with van der Waals surface area (Å²) in [6, 6.07) is 5.42. The maximum atomic E-state index is 13.5. The first-order chi connectivity index (χ1) is 11.1. The molecule has 0 aliphatic carbocycles. The predicted octanol–water partition coefficient (Wildman–Crippen LogP) is 2.74. The largest absolute Gasteiger partial charge is 0.459 e. The summed E-state index contributed by atoms with van der Waals surface area (Å²) in [5, 5.41) is 6.15. The van der Waals surface area contributed by atoms with Crippen LogP contribution in [0, 0.1) is 18.6 Å². The molecular weight excluding hydrogens is 302 g/mol. The Hall–Kier alpha value is -2.21. The molecule has 2 unspecified atom stereocenters. The zero-order valence-electron chi connectivity index (χ0n) is 12.7. The lowest BCUT2D eigenvalue weighted by Gasteiger charge is -2.33. The Morgan fingerprint density at radius 2 is 2.13 bits per heavy atom. The van der Waals surface area contributed by atoms with Gasteiger partial charge in [0.15, 0.2) is 17.4 Å². The molecule has 3 rings (SSSR count). The van der Waals surface area contributed by atoms with Gasteiger partial charge in [0, 0.05) is 24.1 Å². The van der Waals surface area contributed by atoms with Gasteiger partial charge in [0.1, 0.15) is 0 Å². The number of halogens is 2. The van der Waals surface area contributed by atoms with E-state index in [1.807, 2.05) is 0 Å². The van der Waals surface area contributed by atoms with Crippen LogP contribution in [0.2, 0.25) is 0 Å². The highest BCUT2D eigenvalue weighted by Crippen LogP contribution is 2.27. The minimum atomic E-state index is -0.868. The number of carbonyl (C=O) groups is 1. The summed E-state index contributed by atoms with van der Waals surface area (Å²) in [5.74, 6) is -1.83. The van der Waals surface area contributed by atoms with Crippen LogP contribution in [0.15, 0.2) is 34.9 Å². The van der Waals surface area contributed by atoms with E-state index in [0.717, 1.165) is 24.6 Å². The molecule has 0 spiro atoms. The molecule has 122 valence electrons. The van der Waals surface area contributed by atoms with Gasteiger partial charge in [0.25, 0.3) is 5.91 Å². The molecule has 0 saturated carbocycles. The van der Waals surface area contributed by atoms with Gasteiger partial charge in [-0.05, 0) is 43.7 Å². The lowest BCUT2D eigenvalue weighted by atomic mass is 9.86. The number of benzene rings is 1. The molecule has 6 heteroatoms. The van der Waals surface area contributed by atoms with E-state index < -0.39 is 11.6 Å². The summed E-state index contributed by atoms with van der Waals surface area (Å²) in [4.78, 5) is 12.3. The third kappa shape index (κ3) is 3.27. The normalized spacial score (nSPS) is 21.2. The van der Waals surface area contributed by atoms with Crippen LogP contribution in [0.5, 0.6) is 0 Å². The van der Waals surface area contributed by atoms with Crippen molar-refractivity contribution in [3.8, 4) is 0 Å². The predicted molar refractivity (Wildman–Crippen MR) is 81.3 cm³/mol. The highest BCUT2D eigenvalue weighted by molar-refractivity contribution is 5.93. The van der Waals surface area contributed by atoms with Gasteiger partial charge in [-0.2, -0.15) is 0 Å². The van der Waals surface area contributed by atoms with Gasteiger partial charge in [0.2, 0.25) is 0 Å². The van der Waals surface area contributed by atoms with Gasteiger partial charge in [-0.3, -0.25) is 4.79 Å². The van der Waals surface area contributed by atoms with Crippen molar-refractivity contribution in [1.82, 2.24) is 10.6 Å². The second-order valence-corrected chi connectivity index (χ2v) is 5.79. The smallest absolute Gasteiger partial charge is 0.287 e. The Balaban J connectivity index is 1.80. The van der Waals surface area contributed by atoms with E-state index in [0.29, 0.717) is 12.1 Å². The molecule has 2 heterocycles. The molecule has 0 bridgehead atoms. The molecule has 1 saturated heterocycles. The van der Waals surface area contributed by atoms with Crippen molar-refractivity contribution < 1.29 is 18.0 Å². The first kappa shape index (κ1) is 15.7. The zero-order valence-corrected chi connectivity index (χ0v) is 12.7. The SMILES string of the molecule is Cc1ccoc1C(=O)NC1CNCCC1c1ccc(F)c(F)c1. The Kier molecular flexibility index (Phi) is 4.43. The van der Waals surface area contributed by atoms with Crippen LogP contribution in [0.4, 0.5) is 8.78 Å². The van der Waals surface area contributed by atoms with E-state index >= 15 is 0 Å². The first-order valence-electron chi connectivity index (χ1n) is 7.57. The number of hydrogen-bond acceptors (Lipinski definition) is 3. The van der Waals surface area contributed by atoms with Crippen molar-refractivity contribution in [3.05, 3.63) is 59.1 Å². The van der Waals surface area contributed by atoms with Crippen LogP contribution in [-0.2, 0) is 0 Å². The minimum Gasteiger partial charge on any atom is -0.459 e. The van der Waals surface area contributed by atoms with E-state index in [9.17, 15) is 13.6 Å². The van der Waals surface area contributed by atoms with Gasteiger partial charge < -0.3 is 15.1 Å². The third-order valence-corrected chi connectivity index (χ3v) is 4.24. The van der Waals surface area contributed by atoms with Crippen molar-refractivity contribution in [2.24, 2.45) is 0 Å². The fraction of sp³-hybridized carbons (Fsp3) is 0.353. The van der Waals surface area contributed by atoms with Crippen molar-refractivity contribution in [2.75, 3.05) is 13.1 Å². The van der Waals surface area contributed by atoms with Crippen LogP contribution in [0.25, 0.3) is 0 Å². The number of nitrogens with one attached hydrogen (secondary N) is 2. The summed E-state index contributed by atoms with van der Waals surface area (Å²) >= 11 is 0. The number of rotatable bonds is 3. The minimum absolute atomic E-state index is 0.0782. The van der Waals surface area contributed by atoms with Gasteiger partial charge in [-0.15, -0.1) is 0 Å². The van der Waals surface area contributed by atoms with Gasteiger partial charge in [-0.25, -0.2) is 8.78 Å². The quantitative estimate of drug-likeness (QED) is 0.914. The average molecular weight is 320 g/mol. The van der Waals surface area contributed by atoms with E-state index in [1.165, 1.54) is 12.3 Å². The molecule has 1 fully saturated rings. The Morgan fingerprint density at radius 1 is 1.30 bits per heavy atom. The number of furan rings is 1. The number of carbonyl (C=O) groups excluding carboxylic acids is 1. The molecule has 2 N–H and O–H groups in total. The maximum Gasteiger partial charge on any atom is 0.287 e. The Bertz CT molecular complexity index is 714. The first-order valence-corrected chi connectivity index (χ1v) is 7.57. The maximum absolute atomic E-state index is 13.5. The monoisotopic (exact) mass is 320 g/mol. The molecule has 1 aliphatic rings. The number of piperidine rings is 1. The second-order valence-electron chi connectivity index (χ2n) is 5.79. The molecule has 0 radical (unpaired) electrons. The van der Waals surface area contributed by atoms with Gasteiger partial charge in [0.05, 0.1) is 6.26 Å².